The Kier molecular flexibility index (Phi) is 10.4. The lowest BCUT2D eigenvalue weighted by Crippen LogP contribution is -2.27. The first-order chi connectivity index (χ1) is 15.8. The van der Waals surface area contributed by atoms with Crippen LogP contribution in [0.1, 0.15) is 52.8 Å². The van der Waals surface area contributed by atoms with Gasteiger partial charge in [-0.1, -0.05) is 29.8 Å². The molecule has 33 heavy (non-hydrogen) atoms. The number of carbonyl (C=O) groups is 4. The van der Waals surface area contributed by atoms with Crippen molar-refractivity contribution in [3.63, 3.8) is 0 Å². The Bertz CT molecular complexity index is 1020. The number of ether oxygens (including phenoxy) is 2. The molecule has 0 fully saturated rings. The van der Waals surface area contributed by atoms with Gasteiger partial charge in [0, 0.05) is 6.54 Å². The second kappa shape index (κ2) is 13.2. The van der Waals surface area contributed by atoms with Crippen molar-refractivity contribution in [2.45, 2.75) is 33.1 Å². The Labute approximate surface area is 195 Å². The maximum atomic E-state index is 13.0. The number of hydrogen-bond acceptors (Lipinski definition) is 9. The normalized spacial score (nSPS) is 11.1. The molecule has 1 N–H and O–H groups in total. The molecule has 0 aliphatic rings. The first-order valence-electron chi connectivity index (χ1n) is 10.3. The molecule has 9 nitrogen and oxygen atoms in total. The summed E-state index contributed by atoms with van der Waals surface area (Å²) < 4.78 is 14.8. The molecule has 1 heterocycles. The Morgan fingerprint density at radius 3 is 2.52 bits per heavy atom. The first-order valence-corrected chi connectivity index (χ1v) is 11.3. The van der Waals surface area contributed by atoms with Crippen molar-refractivity contribution in [1.82, 2.24) is 10.5 Å². The molecule has 0 radical (unpaired) electrons. The smallest absolute Gasteiger partial charge is 0.412 e. The van der Waals surface area contributed by atoms with Gasteiger partial charge < -0.3 is 19.3 Å². The van der Waals surface area contributed by atoms with E-state index >= 15 is 0 Å². The van der Waals surface area contributed by atoms with Crippen LogP contribution >= 0.6 is 11.8 Å². The largest absolute Gasteiger partial charge is 0.464 e. The van der Waals surface area contributed by atoms with E-state index in [9.17, 15) is 19.2 Å². The number of amides is 1. The predicted octanol–water partition coefficient (Wildman–Crippen LogP) is 4.12. The van der Waals surface area contributed by atoms with E-state index in [-0.39, 0.29) is 27.7 Å². The summed E-state index contributed by atoms with van der Waals surface area (Å²) in [7, 11) is 1.18. The van der Waals surface area contributed by atoms with Crippen molar-refractivity contribution in [2.75, 3.05) is 19.4 Å². The van der Waals surface area contributed by atoms with Gasteiger partial charge in [-0.3, -0.25) is 9.59 Å². The quantitative estimate of drug-likeness (QED) is 0.209. The van der Waals surface area contributed by atoms with Crippen molar-refractivity contribution in [1.29, 1.82) is 0 Å². The summed E-state index contributed by atoms with van der Waals surface area (Å²) in [6.07, 6.45) is 2.98. The summed E-state index contributed by atoms with van der Waals surface area (Å²) in [5, 5.41) is 6.29. The highest BCUT2D eigenvalue weighted by atomic mass is 32.2. The maximum absolute atomic E-state index is 13.0. The molecule has 0 saturated carbocycles. The lowest BCUT2D eigenvalue weighted by molar-refractivity contribution is -0.112. The molecule has 2 aromatic rings. The van der Waals surface area contributed by atoms with E-state index in [1.807, 2.05) is 6.07 Å². The van der Waals surface area contributed by atoms with Gasteiger partial charge in [0.05, 0.1) is 12.0 Å². The van der Waals surface area contributed by atoms with Gasteiger partial charge in [-0.05, 0) is 50.7 Å². The zero-order chi connectivity index (χ0) is 24.2. The summed E-state index contributed by atoms with van der Waals surface area (Å²) >= 11 is 1.22. The topological polar surface area (TPSA) is 125 Å². The van der Waals surface area contributed by atoms with E-state index < -0.39 is 17.8 Å². The Morgan fingerprint density at radius 1 is 1.12 bits per heavy atom. The minimum Gasteiger partial charge on any atom is -0.464 e. The first kappa shape index (κ1) is 25.9. The number of allylic oxidation sites excluding steroid dienone is 2. The van der Waals surface area contributed by atoms with Gasteiger partial charge in [-0.25, -0.2) is 9.59 Å². The van der Waals surface area contributed by atoms with Crippen LogP contribution < -0.4 is 10.1 Å². The number of nitrogens with one attached hydrogen (secondary N) is 1. The Hall–Kier alpha value is -3.40. The summed E-state index contributed by atoms with van der Waals surface area (Å²) in [6.45, 7) is 3.31. The number of thioether (sulfide) groups is 1. The van der Waals surface area contributed by atoms with Gasteiger partial charge in [-0.2, -0.15) is 0 Å². The molecular formula is C23H26N2O7S. The molecule has 0 aliphatic carbocycles. The third-order valence-corrected chi connectivity index (χ3v) is 5.44. The number of unbranched alkanes of at least 4 members (excludes halogenated alkanes) is 2. The van der Waals surface area contributed by atoms with E-state index in [1.54, 1.807) is 24.3 Å². The molecule has 0 unspecified atom stereocenters. The lowest BCUT2D eigenvalue weighted by Gasteiger charge is -2.08. The van der Waals surface area contributed by atoms with Crippen molar-refractivity contribution in [2.24, 2.45) is 0 Å². The molecule has 0 saturated heterocycles. The number of aromatic nitrogens is 1. The van der Waals surface area contributed by atoms with Crippen LogP contribution in [0.15, 0.2) is 45.8 Å². The highest BCUT2D eigenvalue weighted by Gasteiger charge is 2.28. The van der Waals surface area contributed by atoms with Gasteiger partial charge in [0.1, 0.15) is 17.1 Å². The van der Waals surface area contributed by atoms with Crippen LogP contribution in [-0.4, -0.2) is 48.2 Å². The molecular weight excluding hydrogens is 448 g/mol. The molecule has 0 spiro atoms. The van der Waals surface area contributed by atoms with Gasteiger partial charge in [0.2, 0.25) is 11.5 Å². The maximum Gasteiger partial charge on any atom is 0.412 e. The average molecular weight is 475 g/mol. The van der Waals surface area contributed by atoms with Crippen LogP contribution in [0.2, 0.25) is 0 Å². The third-order valence-electron chi connectivity index (χ3n) is 4.33. The molecule has 176 valence electrons. The summed E-state index contributed by atoms with van der Waals surface area (Å²) in [4.78, 5) is 48.4. The Morgan fingerprint density at radius 2 is 1.85 bits per heavy atom. The highest BCUT2D eigenvalue weighted by molar-refractivity contribution is 8.04. The summed E-state index contributed by atoms with van der Waals surface area (Å²) in [6, 6.07) is 8.78. The molecule has 1 amide bonds. The van der Waals surface area contributed by atoms with E-state index in [0.717, 1.165) is 19.3 Å². The van der Waals surface area contributed by atoms with E-state index in [2.05, 4.69) is 15.2 Å². The number of ketones is 2. The fourth-order valence-corrected chi connectivity index (χ4v) is 3.82. The number of methoxy groups -OCH3 is 1. The lowest BCUT2D eigenvalue weighted by atomic mass is 10.1. The van der Waals surface area contributed by atoms with Gasteiger partial charge >= 0.3 is 12.1 Å². The minimum atomic E-state index is -0.791. The van der Waals surface area contributed by atoms with Crippen LogP contribution in [0.4, 0.5) is 4.79 Å². The predicted molar refractivity (Wildman–Crippen MR) is 122 cm³/mol. The number of esters is 1. The molecule has 2 rings (SSSR count). The van der Waals surface area contributed by atoms with E-state index in [1.165, 1.54) is 38.8 Å². The van der Waals surface area contributed by atoms with Crippen LogP contribution in [0.5, 0.6) is 5.75 Å². The average Bonchev–Trinajstić information content (AvgIpc) is 3.18. The summed E-state index contributed by atoms with van der Waals surface area (Å²) in [5.41, 5.74) is -0.230. The van der Waals surface area contributed by atoms with Crippen LogP contribution in [0, 0.1) is 6.92 Å². The number of aryl methyl sites for hydroxylation is 1. The molecule has 1 aromatic carbocycles. The van der Waals surface area contributed by atoms with Crippen molar-refractivity contribution >= 4 is 35.4 Å². The second-order valence-electron chi connectivity index (χ2n) is 6.94. The number of carbonyl (C=O) groups excluding carboxylic acids is 4. The van der Waals surface area contributed by atoms with Crippen LogP contribution in [0.25, 0.3) is 0 Å². The highest BCUT2D eigenvalue weighted by Crippen LogP contribution is 2.26. The van der Waals surface area contributed by atoms with Crippen LogP contribution in [-0.2, 0) is 9.53 Å². The molecule has 1 aromatic heterocycles. The zero-order valence-corrected chi connectivity index (χ0v) is 19.5. The standard InChI is InChI=1S/C23H26N2O7S/c1-15(26)14-18(21(27)19-16(2)32-25-20(19)22(28)30-3)33-13-9-5-8-12-24-23(29)31-17-10-6-4-7-11-17/h4,6-7,10-11,14H,5,8-9,12-13H2,1-3H3,(H,24,29)/b18-14+. The van der Waals surface area contributed by atoms with E-state index in [0.29, 0.717) is 18.0 Å². The van der Waals surface area contributed by atoms with Crippen LogP contribution in [0.3, 0.4) is 0 Å². The van der Waals surface area contributed by atoms with E-state index in [4.69, 9.17) is 9.26 Å². The minimum absolute atomic E-state index is 0.0111. The molecule has 0 bridgehead atoms. The third kappa shape index (κ3) is 8.23. The van der Waals surface area contributed by atoms with Gasteiger partial charge in [0.15, 0.2) is 5.78 Å². The molecule has 0 aliphatic heterocycles. The number of nitrogens with zero attached hydrogens (tertiary/aromatic N) is 1. The molecule has 0 atom stereocenters. The Balaban J connectivity index is 1.81. The molecule has 10 heteroatoms. The van der Waals surface area contributed by atoms with Gasteiger partial charge in [0.25, 0.3) is 0 Å². The number of para-hydroxylation sites is 1. The number of hydrogen-bond donors (Lipinski definition) is 1. The number of Topliss-reactive ketones (excluding diaryl/α,β-unsaturated/α-hetero) is 1. The van der Waals surface area contributed by atoms with Crippen molar-refractivity contribution in [3.8, 4) is 5.75 Å². The number of rotatable bonds is 12. The fraction of sp³-hybridized carbons (Fsp3) is 0.348. The van der Waals surface area contributed by atoms with Gasteiger partial charge in [-0.15, -0.1) is 11.8 Å². The summed E-state index contributed by atoms with van der Waals surface area (Å²) in [5.74, 6) is -0.388. The SMILES string of the molecule is COC(=O)c1noc(C)c1C(=O)/C(=C\C(C)=O)SCCCCCNC(=O)Oc1ccccc1. The number of benzene rings is 1. The zero-order valence-electron chi connectivity index (χ0n) is 18.7. The van der Waals surface area contributed by atoms with Crippen molar-refractivity contribution in [3.05, 3.63) is 58.3 Å². The fourth-order valence-electron chi connectivity index (χ4n) is 2.76. The van der Waals surface area contributed by atoms with Crippen molar-refractivity contribution < 1.29 is 33.2 Å². The monoisotopic (exact) mass is 474 g/mol. The second-order valence-corrected chi connectivity index (χ2v) is 8.08.